The van der Waals surface area contributed by atoms with Crippen molar-refractivity contribution in [3.8, 4) is 5.75 Å². The van der Waals surface area contributed by atoms with Crippen molar-refractivity contribution >= 4 is 28.5 Å². The van der Waals surface area contributed by atoms with E-state index >= 15 is 0 Å². The number of benzene rings is 1. The van der Waals surface area contributed by atoms with Crippen molar-refractivity contribution in [3.05, 3.63) is 27.8 Å². The summed E-state index contributed by atoms with van der Waals surface area (Å²) >= 11 is 2.15. The first-order valence-electron chi connectivity index (χ1n) is 6.74. The molecule has 1 aliphatic heterocycles. The topological polar surface area (TPSA) is 108 Å². The van der Waals surface area contributed by atoms with E-state index < -0.39 is 43.2 Å². The third-order valence-corrected chi connectivity index (χ3v) is 4.04. The van der Waals surface area contributed by atoms with Crippen molar-refractivity contribution in [2.45, 2.75) is 37.6 Å². The van der Waals surface area contributed by atoms with Crippen molar-refractivity contribution in [1.29, 1.82) is 0 Å². The Kier molecular flexibility index (Phi) is 5.98. The zero-order chi connectivity index (χ0) is 16.3. The predicted octanol–water partition coefficient (Wildman–Crippen LogP) is -0.386. The molecule has 0 bridgehead atoms. The van der Waals surface area contributed by atoms with Gasteiger partial charge in [-0.15, -0.1) is 0 Å². The molecule has 22 heavy (non-hydrogen) atoms. The fourth-order valence-electron chi connectivity index (χ4n) is 2.22. The molecule has 8 heteroatoms. The Hall–Kier alpha value is -0.940. The summed E-state index contributed by atoms with van der Waals surface area (Å²) in [5.41, 5.74) is 0. The summed E-state index contributed by atoms with van der Waals surface area (Å²) in [5.74, 6) is 0.0968. The molecule has 1 saturated heterocycles. The van der Waals surface area contributed by atoms with Gasteiger partial charge >= 0.3 is 0 Å². The van der Waals surface area contributed by atoms with Gasteiger partial charge in [0.25, 0.3) is 0 Å². The van der Waals surface area contributed by atoms with Gasteiger partial charge in [0.1, 0.15) is 30.1 Å². The van der Waals surface area contributed by atoms with Crippen LogP contribution in [0.25, 0.3) is 0 Å². The second-order valence-electron chi connectivity index (χ2n) is 5.00. The average molecular weight is 423 g/mol. The normalized spacial score (nSPS) is 31.6. The van der Waals surface area contributed by atoms with Gasteiger partial charge in [-0.2, -0.15) is 0 Å². The summed E-state index contributed by atoms with van der Waals surface area (Å²) in [6, 6.07) is 6.17. The van der Waals surface area contributed by atoms with Crippen LogP contribution in [0.5, 0.6) is 5.75 Å². The zero-order valence-electron chi connectivity index (χ0n) is 11.8. The quantitative estimate of drug-likeness (QED) is 0.492. The van der Waals surface area contributed by atoms with Gasteiger partial charge in [0, 0.05) is 10.5 Å². The maximum absolute atomic E-state index is 11.3. The van der Waals surface area contributed by atoms with E-state index in [1.165, 1.54) is 6.92 Å². The Balaban J connectivity index is 2.18. The third-order valence-electron chi connectivity index (χ3n) is 3.32. The van der Waals surface area contributed by atoms with Crippen LogP contribution in [0, 0.1) is 3.57 Å². The van der Waals surface area contributed by atoms with E-state index in [0.29, 0.717) is 5.75 Å². The van der Waals surface area contributed by atoms with E-state index in [-0.39, 0.29) is 0 Å². The van der Waals surface area contributed by atoms with Crippen LogP contribution >= 0.6 is 22.6 Å². The van der Waals surface area contributed by atoms with Gasteiger partial charge in [0.2, 0.25) is 12.2 Å². The first kappa shape index (κ1) is 17.4. The van der Waals surface area contributed by atoms with Crippen molar-refractivity contribution in [2.75, 3.05) is 6.61 Å². The molecule has 4 N–H and O–H groups in total. The summed E-state index contributed by atoms with van der Waals surface area (Å²) in [6.07, 6.45) is -4.66. The highest BCUT2D eigenvalue weighted by atomic mass is 127. The minimum atomic E-state index is -1.32. The van der Waals surface area contributed by atoms with Gasteiger partial charge < -0.3 is 30.1 Å². The molecule has 0 spiro atoms. The van der Waals surface area contributed by atoms with Crippen LogP contribution in [0.2, 0.25) is 0 Å². The molecule has 5 atom stereocenters. The lowest BCUT2D eigenvalue weighted by Crippen LogP contribution is -2.65. The molecule has 122 valence electrons. The lowest BCUT2D eigenvalue weighted by molar-refractivity contribution is -0.244. The molecule has 7 nitrogen and oxygen atoms in total. The first-order chi connectivity index (χ1) is 10.4. The number of hydrogen-bond donors (Lipinski definition) is 4. The Labute approximate surface area is 141 Å². The lowest BCUT2D eigenvalue weighted by Gasteiger charge is -2.42. The Morgan fingerprint density at radius 1 is 1.32 bits per heavy atom. The smallest absolute Gasteiger partial charge is 0.223 e. The number of aliphatic hydroxyl groups is 3. The van der Waals surface area contributed by atoms with Gasteiger partial charge in [-0.1, -0.05) is 0 Å². The SMILES string of the molecule is CC(=O)N[C@H]1[C@@H](Oc2ccc(I)cc2)O[C@H](CO)[C@H](O)[C@H]1O. The molecular formula is C14H18INO6. The van der Waals surface area contributed by atoms with Crippen LogP contribution in [-0.2, 0) is 9.53 Å². The molecule has 0 saturated carbocycles. The third kappa shape index (κ3) is 4.07. The summed E-state index contributed by atoms with van der Waals surface area (Å²) in [5, 5.41) is 31.8. The molecule has 0 radical (unpaired) electrons. The van der Waals surface area contributed by atoms with E-state index in [1.807, 2.05) is 12.1 Å². The zero-order valence-corrected chi connectivity index (χ0v) is 14.0. The second kappa shape index (κ2) is 7.55. The number of ether oxygens (including phenoxy) is 2. The van der Waals surface area contributed by atoms with Crippen LogP contribution in [0.15, 0.2) is 24.3 Å². The highest BCUT2D eigenvalue weighted by Gasteiger charge is 2.46. The molecule has 0 aliphatic carbocycles. The van der Waals surface area contributed by atoms with E-state index in [4.69, 9.17) is 9.47 Å². The van der Waals surface area contributed by atoms with Crippen LogP contribution in [0.1, 0.15) is 6.92 Å². The van der Waals surface area contributed by atoms with Crippen molar-refractivity contribution in [1.82, 2.24) is 5.32 Å². The van der Waals surface area contributed by atoms with Crippen LogP contribution in [0.3, 0.4) is 0 Å². The number of rotatable bonds is 4. The number of halogens is 1. The van der Waals surface area contributed by atoms with Crippen LogP contribution < -0.4 is 10.1 Å². The molecule has 0 unspecified atom stereocenters. The number of nitrogens with one attached hydrogen (secondary N) is 1. The standard InChI is InChI=1S/C14H18INO6/c1-7(18)16-11-13(20)12(19)10(6-17)22-14(11)21-9-4-2-8(15)3-5-9/h2-5,10-14,17,19-20H,6H2,1H3,(H,16,18)/t10-,11-,12+,13+,14+/m1/s1. The van der Waals surface area contributed by atoms with E-state index in [2.05, 4.69) is 27.9 Å². The summed E-state index contributed by atoms with van der Waals surface area (Å²) in [4.78, 5) is 11.3. The number of aliphatic hydroxyl groups excluding tert-OH is 3. The number of carbonyl (C=O) groups excluding carboxylic acids is 1. The Morgan fingerprint density at radius 2 is 1.95 bits per heavy atom. The molecule has 1 heterocycles. The van der Waals surface area contributed by atoms with Crippen LogP contribution in [-0.4, -0.2) is 58.5 Å². The van der Waals surface area contributed by atoms with Crippen molar-refractivity contribution < 1.29 is 29.6 Å². The van der Waals surface area contributed by atoms with Gasteiger partial charge in [-0.05, 0) is 46.9 Å². The summed E-state index contributed by atoms with van der Waals surface area (Å²) in [7, 11) is 0. The number of carbonyl (C=O) groups is 1. The minimum absolute atomic E-state index is 0.390. The van der Waals surface area contributed by atoms with Crippen LogP contribution in [0.4, 0.5) is 0 Å². The van der Waals surface area contributed by atoms with E-state index in [0.717, 1.165) is 3.57 Å². The maximum atomic E-state index is 11.3. The molecule has 0 aromatic heterocycles. The monoisotopic (exact) mass is 423 g/mol. The minimum Gasteiger partial charge on any atom is -0.463 e. The molecule has 1 fully saturated rings. The molecule has 1 amide bonds. The second-order valence-corrected chi connectivity index (χ2v) is 6.25. The average Bonchev–Trinajstić information content (AvgIpc) is 2.48. The number of hydrogen-bond acceptors (Lipinski definition) is 6. The van der Waals surface area contributed by atoms with E-state index in [9.17, 15) is 20.1 Å². The molecular weight excluding hydrogens is 405 g/mol. The first-order valence-corrected chi connectivity index (χ1v) is 7.82. The molecule has 2 rings (SSSR count). The van der Waals surface area contributed by atoms with Crippen molar-refractivity contribution in [3.63, 3.8) is 0 Å². The maximum Gasteiger partial charge on any atom is 0.223 e. The highest BCUT2D eigenvalue weighted by Crippen LogP contribution is 2.24. The van der Waals surface area contributed by atoms with Crippen molar-refractivity contribution in [2.24, 2.45) is 0 Å². The summed E-state index contributed by atoms with van der Waals surface area (Å²) in [6.45, 7) is 0.816. The Bertz CT molecular complexity index is 511. The highest BCUT2D eigenvalue weighted by molar-refractivity contribution is 14.1. The van der Waals surface area contributed by atoms with Gasteiger partial charge in [0.15, 0.2) is 0 Å². The largest absolute Gasteiger partial charge is 0.463 e. The molecule has 1 aliphatic rings. The fourth-order valence-corrected chi connectivity index (χ4v) is 2.58. The van der Waals surface area contributed by atoms with Gasteiger partial charge in [0.05, 0.1) is 6.61 Å². The molecule has 1 aromatic rings. The van der Waals surface area contributed by atoms with Gasteiger partial charge in [-0.3, -0.25) is 4.79 Å². The summed E-state index contributed by atoms with van der Waals surface area (Å²) < 4.78 is 12.1. The lowest BCUT2D eigenvalue weighted by atomic mass is 9.97. The molecule has 1 aromatic carbocycles. The predicted molar refractivity (Wildman–Crippen MR) is 85.2 cm³/mol. The Morgan fingerprint density at radius 3 is 2.50 bits per heavy atom. The van der Waals surface area contributed by atoms with Gasteiger partial charge in [-0.25, -0.2) is 0 Å². The fraction of sp³-hybridized carbons (Fsp3) is 0.500. The van der Waals surface area contributed by atoms with E-state index in [1.54, 1.807) is 12.1 Å². The number of amides is 1.